The molecule has 84 valence electrons. The molecule has 0 aromatic carbocycles. The molecule has 1 aliphatic carbocycles. The Morgan fingerprint density at radius 1 is 1.14 bits per heavy atom. The van der Waals surface area contributed by atoms with Crippen LogP contribution >= 0.6 is 0 Å². The monoisotopic (exact) mass is 198 g/mol. The second-order valence-corrected chi connectivity index (χ2v) is 4.32. The third-order valence-electron chi connectivity index (χ3n) is 3.33. The SMILES string of the molecule is CCN(CC)CCCNC1CCCC1. The van der Waals surface area contributed by atoms with Crippen molar-refractivity contribution < 1.29 is 0 Å². The molecule has 0 radical (unpaired) electrons. The summed E-state index contributed by atoms with van der Waals surface area (Å²) < 4.78 is 0. The predicted octanol–water partition coefficient (Wildman–Crippen LogP) is 2.25. The van der Waals surface area contributed by atoms with E-state index in [1.807, 2.05) is 0 Å². The first-order valence-electron chi connectivity index (χ1n) is 6.32. The van der Waals surface area contributed by atoms with Gasteiger partial charge in [0.15, 0.2) is 0 Å². The zero-order chi connectivity index (χ0) is 10.2. The number of rotatable bonds is 7. The Kier molecular flexibility index (Phi) is 6.20. The van der Waals surface area contributed by atoms with E-state index < -0.39 is 0 Å². The molecule has 0 spiro atoms. The number of nitrogens with one attached hydrogen (secondary N) is 1. The summed E-state index contributed by atoms with van der Waals surface area (Å²) in [7, 11) is 0. The van der Waals surface area contributed by atoms with Crippen LogP contribution in [0.15, 0.2) is 0 Å². The van der Waals surface area contributed by atoms with Gasteiger partial charge in [0.05, 0.1) is 0 Å². The molecule has 2 heteroatoms. The molecule has 1 N–H and O–H groups in total. The van der Waals surface area contributed by atoms with E-state index >= 15 is 0 Å². The van der Waals surface area contributed by atoms with Crippen molar-refractivity contribution in [2.45, 2.75) is 52.0 Å². The lowest BCUT2D eigenvalue weighted by molar-refractivity contribution is 0.295. The highest BCUT2D eigenvalue weighted by Crippen LogP contribution is 2.17. The molecule has 0 unspecified atom stereocenters. The van der Waals surface area contributed by atoms with Crippen molar-refractivity contribution in [3.05, 3.63) is 0 Å². The van der Waals surface area contributed by atoms with Crippen molar-refractivity contribution in [3.8, 4) is 0 Å². The van der Waals surface area contributed by atoms with Crippen LogP contribution in [-0.2, 0) is 0 Å². The molecule has 1 fully saturated rings. The van der Waals surface area contributed by atoms with Crippen molar-refractivity contribution in [1.29, 1.82) is 0 Å². The quantitative estimate of drug-likeness (QED) is 0.631. The van der Waals surface area contributed by atoms with Crippen LogP contribution in [-0.4, -0.2) is 37.1 Å². The highest BCUT2D eigenvalue weighted by Gasteiger charge is 2.13. The van der Waals surface area contributed by atoms with E-state index in [-0.39, 0.29) is 0 Å². The summed E-state index contributed by atoms with van der Waals surface area (Å²) in [4.78, 5) is 2.50. The predicted molar refractivity (Wildman–Crippen MR) is 62.7 cm³/mol. The fraction of sp³-hybridized carbons (Fsp3) is 1.00. The van der Waals surface area contributed by atoms with E-state index in [1.54, 1.807) is 0 Å². The van der Waals surface area contributed by atoms with Crippen LogP contribution in [0.3, 0.4) is 0 Å². The molecule has 0 amide bonds. The van der Waals surface area contributed by atoms with Crippen molar-refractivity contribution in [2.24, 2.45) is 0 Å². The Bertz CT molecular complexity index is 122. The van der Waals surface area contributed by atoms with Crippen LogP contribution in [0.4, 0.5) is 0 Å². The van der Waals surface area contributed by atoms with E-state index in [1.165, 1.54) is 58.3 Å². The van der Waals surface area contributed by atoms with Crippen LogP contribution in [0.5, 0.6) is 0 Å². The van der Waals surface area contributed by atoms with Crippen LogP contribution in [0.25, 0.3) is 0 Å². The average molecular weight is 198 g/mol. The summed E-state index contributed by atoms with van der Waals surface area (Å²) in [5.74, 6) is 0. The minimum absolute atomic E-state index is 0.840. The molecule has 1 rings (SSSR count). The zero-order valence-corrected chi connectivity index (χ0v) is 9.89. The summed E-state index contributed by atoms with van der Waals surface area (Å²) in [6.45, 7) is 9.34. The second-order valence-electron chi connectivity index (χ2n) is 4.32. The molecule has 14 heavy (non-hydrogen) atoms. The van der Waals surface area contributed by atoms with Gasteiger partial charge < -0.3 is 10.2 Å². The zero-order valence-electron chi connectivity index (χ0n) is 9.89. The molecule has 1 saturated carbocycles. The molecule has 0 atom stereocenters. The molecular weight excluding hydrogens is 172 g/mol. The van der Waals surface area contributed by atoms with Gasteiger partial charge in [-0.15, -0.1) is 0 Å². The molecule has 0 bridgehead atoms. The fourth-order valence-electron chi connectivity index (χ4n) is 2.28. The van der Waals surface area contributed by atoms with E-state index in [0.29, 0.717) is 0 Å². The van der Waals surface area contributed by atoms with E-state index in [9.17, 15) is 0 Å². The third kappa shape index (κ3) is 4.43. The molecule has 2 nitrogen and oxygen atoms in total. The molecule has 0 aromatic heterocycles. The van der Waals surface area contributed by atoms with Crippen LogP contribution < -0.4 is 5.32 Å². The van der Waals surface area contributed by atoms with Gasteiger partial charge in [0.1, 0.15) is 0 Å². The van der Waals surface area contributed by atoms with Gasteiger partial charge in [0.2, 0.25) is 0 Å². The van der Waals surface area contributed by atoms with Gasteiger partial charge in [-0.25, -0.2) is 0 Å². The van der Waals surface area contributed by atoms with E-state index in [0.717, 1.165) is 6.04 Å². The van der Waals surface area contributed by atoms with Crippen LogP contribution in [0, 0.1) is 0 Å². The summed E-state index contributed by atoms with van der Waals surface area (Å²) in [5.41, 5.74) is 0. The Morgan fingerprint density at radius 2 is 1.79 bits per heavy atom. The molecule has 0 heterocycles. The summed E-state index contributed by atoms with van der Waals surface area (Å²) in [5, 5.41) is 3.66. The van der Waals surface area contributed by atoms with E-state index in [4.69, 9.17) is 0 Å². The summed E-state index contributed by atoms with van der Waals surface area (Å²) in [6, 6.07) is 0.840. The maximum atomic E-state index is 3.66. The molecule has 0 saturated heterocycles. The van der Waals surface area contributed by atoms with Gasteiger partial charge in [-0.3, -0.25) is 0 Å². The minimum atomic E-state index is 0.840. The normalized spacial score (nSPS) is 18.2. The van der Waals surface area contributed by atoms with Gasteiger partial charge in [0, 0.05) is 6.04 Å². The number of hydrogen-bond donors (Lipinski definition) is 1. The first kappa shape index (κ1) is 12.0. The van der Waals surface area contributed by atoms with Gasteiger partial charge in [-0.1, -0.05) is 26.7 Å². The second kappa shape index (κ2) is 7.24. The van der Waals surface area contributed by atoms with Crippen molar-refractivity contribution in [1.82, 2.24) is 10.2 Å². The average Bonchev–Trinajstić information content (AvgIpc) is 2.71. The third-order valence-corrected chi connectivity index (χ3v) is 3.33. The summed E-state index contributed by atoms with van der Waals surface area (Å²) in [6.07, 6.45) is 7.00. The Morgan fingerprint density at radius 3 is 2.36 bits per heavy atom. The molecular formula is C12H26N2. The molecule has 0 aromatic rings. The maximum absolute atomic E-state index is 3.66. The number of nitrogens with zero attached hydrogens (tertiary/aromatic N) is 1. The topological polar surface area (TPSA) is 15.3 Å². The van der Waals surface area contributed by atoms with Gasteiger partial charge >= 0.3 is 0 Å². The Hall–Kier alpha value is -0.0800. The molecule has 0 aliphatic heterocycles. The van der Waals surface area contributed by atoms with Gasteiger partial charge in [0.25, 0.3) is 0 Å². The first-order valence-corrected chi connectivity index (χ1v) is 6.32. The highest BCUT2D eigenvalue weighted by atomic mass is 15.1. The van der Waals surface area contributed by atoms with Gasteiger partial charge in [-0.05, 0) is 45.4 Å². The smallest absolute Gasteiger partial charge is 0.00670 e. The van der Waals surface area contributed by atoms with E-state index in [2.05, 4.69) is 24.1 Å². The minimum Gasteiger partial charge on any atom is -0.314 e. The largest absolute Gasteiger partial charge is 0.314 e. The van der Waals surface area contributed by atoms with Crippen molar-refractivity contribution in [3.63, 3.8) is 0 Å². The van der Waals surface area contributed by atoms with Gasteiger partial charge in [-0.2, -0.15) is 0 Å². The fourth-order valence-corrected chi connectivity index (χ4v) is 2.28. The van der Waals surface area contributed by atoms with Crippen LogP contribution in [0.1, 0.15) is 46.0 Å². The Balaban J connectivity index is 1.92. The van der Waals surface area contributed by atoms with Crippen molar-refractivity contribution in [2.75, 3.05) is 26.2 Å². The molecule has 1 aliphatic rings. The van der Waals surface area contributed by atoms with Crippen molar-refractivity contribution >= 4 is 0 Å². The lowest BCUT2D eigenvalue weighted by Crippen LogP contribution is -2.31. The maximum Gasteiger partial charge on any atom is 0.00670 e. The summed E-state index contributed by atoms with van der Waals surface area (Å²) >= 11 is 0. The highest BCUT2D eigenvalue weighted by molar-refractivity contribution is 4.73. The standard InChI is InChI=1S/C12H26N2/c1-3-14(4-2)11-7-10-13-12-8-5-6-9-12/h12-13H,3-11H2,1-2H3. The Labute approximate surface area is 89.1 Å². The van der Waals surface area contributed by atoms with Crippen LogP contribution in [0.2, 0.25) is 0 Å². The lowest BCUT2D eigenvalue weighted by atomic mass is 10.2. The lowest BCUT2D eigenvalue weighted by Gasteiger charge is -2.18. The number of hydrogen-bond acceptors (Lipinski definition) is 2. The first-order chi connectivity index (χ1) is 6.86.